The molecule has 2 rings (SSSR count). The Balaban J connectivity index is 2.17. The van der Waals surface area contributed by atoms with Crippen molar-refractivity contribution < 1.29 is 28.9 Å². The molecule has 8 nitrogen and oxygen atoms in total. The van der Waals surface area contributed by atoms with Crippen LogP contribution >= 0.6 is 12.6 Å². The molecule has 0 saturated heterocycles. The first-order valence-corrected chi connectivity index (χ1v) is 10.2. The third-order valence-corrected chi connectivity index (χ3v) is 4.49. The Labute approximate surface area is 186 Å². The van der Waals surface area contributed by atoms with Crippen LogP contribution in [0.2, 0.25) is 0 Å². The van der Waals surface area contributed by atoms with Crippen LogP contribution in [0.15, 0.2) is 48.5 Å². The number of aromatic hydroxyl groups is 1. The lowest BCUT2D eigenvalue weighted by Crippen LogP contribution is -2.30. The van der Waals surface area contributed by atoms with E-state index in [4.69, 9.17) is 19.5 Å². The summed E-state index contributed by atoms with van der Waals surface area (Å²) in [6.45, 7) is 2.22. The Hall–Kier alpha value is -3.22. The van der Waals surface area contributed by atoms with Gasteiger partial charge in [-0.25, -0.2) is 4.79 Å². The largest absolute Gasteiger partial charge is 0.508 e. The van der Waals surface area contributed by atoms with Crippen LogP contribution in [0.4, 0.5) is 10.5 Å². The molecule has 0 unspecified atom stereocenters. The van der Waals surface area contributed by atoms with Gasteiger partial charge in [-0.15, -0.1) is 0 Å². The van der Waals surface area contributed by atoms with Crippen LogP contribution in [-0.2, 0) is 19.0 Å². The second kappa shape index (κ2) is 12.5. The predicted molar refractivity (Wildman–Crippen MR) is 117 cm³/mol. The number of thiol groups is 1. The van der Waals surface area contributed by atoms with Crippen LogP contribution in [-0.4, -0.2) is 42.2 Å². The van der Waals surface area contributed by atoms with Crippen molar-refractivity contribution in [2.24, 2.45) is 0 Å². The van der Waals surface area contributed by atoms with Gasteiger partial charge < -0.3 is 19.3 Å². The maximum absolute atomic E-state index is 12.6. The quantitative estimate of drug-likeness (QED) is 0.377. The van der Waals surface area contributed by atoms with Crippen molar-refractivity contribution in [2.45, 2.75) is 25.6 Å². The highest BCUT2D eigenvalue weighted by Crippen LogP contribution is 2.28. The Morgan fingerprint density at radius 1 is 1.16 bits per heavy atom. The van der Waals surface area contributed by atoms with Gasteiger partial charge in [-0.2, -0.15) is 17.9 Å². The molecule has 31 heavy (non-hydrogen) atoms. The van der Waals surface area contributed by atoms with E-state index in [1.807, 2.05) is 6.07 Å². The predicted octanol–water partition coefficient (Wildman–Crippen LogP) is 3.82. The highest BCUT2D eigenvalue weighted by molar-refractivity contribution is 7.81. The lowest BCUT2D eigenvalue weighted by Gasteiger charge is -2.27. The highest BCUT2D eigenvalue weighted by Gasteiger charge is 2.28. The average Bonchev–Trinajstić information content (AvgIpc) is 2.78. The lowest BCUT2D eigenvalue weighted by molar-refractivity contribution is -0.142. The SMILES string of the molecule is CCO[C@H](CCOC(=O)CS)[C@H](OC(=O)Nc1ccc(C#N)cc1)c1ccc(O)cc1. The number of amides is 1. The zero-order chi connectivity index (χ0) is 22.6. The van der Waals surface area contributed by atoms with Gasteiger partial charge in [0.05, 0.1) is 24.0 Å². The van der Waals surface area contributed by atoms with Gasteiger partial charge in [0.15, 0.2) is 6.10 Å². The maximum atomic E-state index is 12.6. The fourth-order valence-corrected chi connectivity index (χ4v) is 2.88. The molecule has 2 aromatic carbocycles. The van der Waals surface area contributed by atoms with E-state index in [-0.39, 0.29) is 24.5 Å². The minimum absolute atomic E-state index is 0.0375. The number of rotatable bonds is 10. The van der Waals surface area contributed by atoms with E-state index in [0.717, 1.165) is 0 Å². The number of ether oxygens (including phenoxy) is 3. The molecule has 0 saturated carbocycles. The number of nitrogens with one attached hydrogen (secondary N) is 1. The summed E-state index contributed by atoms with van der Waals surface area (Å²) in [4.78, 5) is 23.9. The summed E-state index contributed by atoms with van der Waals surface area (Å²) in [7, 11) is 0. The van der Waals surface area contributed by atoms with E-state index in [1.165, 1.54) is 12.1 Å². The van der Waals surface area contributed by atoms with E-state index < -0.39 is 24.3 Å². The minimum Gasteiger partial charge on any atom is -0.508 e. The van der Waals surface area contributed by atoms with Gasteiger partial charge in [0.25, 0.3) is 0 Å². The molecule has 9 heteroatoms. The van der Waals surface area contributed by atoms with Crippen molar-refractivity contribution in [3.8, 4) is 11.8 Å². The second-order valence-electron chi connectivity index (χ2n) is 6.39. The van der Waals surface area contributed by atoms with Gasteiger partial charge in [0.2, 0.25) is 0 Å². The molecular weight excluding hydrogens is 420 g/mol. The molecule has 2 N–H and O–H groups in total. The summed E-state index contributed by atoms with van der Waals surface area (Å²) in [5, 5.41) is 21.1. The molecule has 2 aromatic rings. The summed E-state index contributed by atoms with van der Waals surface area (Å²) in [5.41, 5.74) is 1.53. The molecule has 2 atom stereocenters. The normalized spacial score (nSPS) is 12.3. The van der Waals surface area contributed by atoms with Gasteiger partial charge in [-0.1, -0.05) is 12.1 Å². The van der Waals surface area contributed by atoms with Crippen LogP contribution in [0.25, 0.3) is 0 Å². The van der Waals surface area contributed by atoms with E-state index in [1.54, 1.807) is 43.3 Å². The zero-order valence-corrected chi connectivity index (χ0v) is 17.9. The fourth-order valence-electron chi connectivity index (χ4n) is 2.78. The van der Waals surface area contributed by atoms with Crippen LogP contribution < -0.4 is 5.32 Å². The molecular formula is C22H24N2O6S. The molecule has 164 valence electrons. The van der Waals surface area contributed by atoms with Gasteiger partial charge >= 0.3 is 12.1 Å². The third kappa shape index (κ3) is 7.85. The van der Waals surface area contributed by atoms with E-state index in [0.29, 0.717) is 23.4 Å². The number of carbonyl (C=O) groups excluding carboxylic acids is 2. The van der Waals surface area contributed by atoms with Crippen LogP contribution in [0.5, 0.6) is 5.75 Å². The Bertz CT molecular complexity index is 896. The van der Waals surface area contributed by atoms with Crippen molar-refractivity contribution in [1.82, 2.24) is 0 Å². The maximum Gasteiger partial charge on any atom is 0.412 e. The van der Waals surface area contributed by atoms with Crippen molar-refractivity contribution in [1.29, 1.82) is 5.26 Å². The number of anilines is 1. The summed E-state index contributed by atoms with van der Waals surface area (Å²) >= 11 is 3.87. The first-order chi connectivity index (χ1) is 15.0. The molecule has 0 bridgehead atoms. The number of phenols is 1. The number of esters is 1. The number of hydrogen-bond acceptors (Lipinski definition) is 8. The third-order valence-electron chi connectivity index (χ3n) is 4.23. The van der Waals surface area contributed by atoms with Crippen molar-refractivity contribution >= 4 is 30.4 Å². The average molecular weight is 445 g/mol. The molecule has 0 heterocycles. The highest BCUT2D eigenvalue weighted by atomic mass is 32.1. The second-order valence-corrected chi connectivity index (χ2v) is 6.71. The van der Waals surface area contributed by atoms with Gasteiger partial charge in [-0.05, 0) is 48.9 Å². The number of nitriles is 1. The number of carbonyl (C=O) groups is 2. The monoisotopic (exact) mass is 444 g/mol. The first kappa shape index (κ1) is 24.1. The summed E-state index contributed by atoms with van der Waals surface area (Å²) in [6.07, 6.45) is -1.87. The molecule has 0 aromatic heterocycles. The molecule has 0 spiro atoms. The Morgan fingerprint density at radius 3 is 2.42 bits per heavy atom. The standard InChI is InChI=1S/C22H24N2O6S/c1-2-28-19(11-12-29-20(26)14-31)21(16-5-9-18(25)10-6-16)30-22(27)24-17-7-3-15(13-23)4-8-17/h3-10,19,21,25,31H,2,11-12,14H2,1H3,(H,24,27)/t19-,21-/m1/s1. The van der Waals surface area contributed by atoms with Gasteiger partial charge in [0.1, 0.15) is 11.9 Å². The van der Waals surface area contributed by atoms with Gasteiger partial charge in [0, 0.05) is 18.7 Å². The van der Waals surface area contributed by atoms with E-state index in [2.05, 4.69) is 17.9 Å². The van der Waals surface area contributed by atoms with Crippen molar-refractivity contribution in [2.75, 3.05) is 24.3 Å². The zero-order valence-electron chi connectivity index (χ0n) is 17.0. The number of phenolic OH excluding ortho intramolecular Hbond substituents is 1. The number of nitrogens with zero attached hydrogens (tertiary/aromatic N) is 1. The summed E-state index contributed by atoms with van der Waals surface area (Å²) in [6, 6.07) is 14.5. The molecule has 0 radical (unpaired) electrons. The molecule has 0 aliphatic carbocycles. The number of benzene rings is 2. The van der Waals surface area contributed by atoms with E-state index >= 15 is 0 Å². The Morgan fingerprint density at radius 2 is 1.84 bits per heavy atom. The smallest absolute Gasteiger partial charge is 0.412 e. The molecule has 0 fully saturated rings. The van der Waals surface area contributed by atoms with Crippen LogP contribution in [0, 0.1) is 11.3 Å². The van der Waals surface area contributed by atoms with Crippen LogP contribution in [0.1, 0.15) is 30.6 Å². The first-order valence-electron chi connectivity index (χ1n) is 9.61. The van der Waals surface area contributed by atoms with Gasteiger partial charge in [-0.3, -0.25) is 10.1 Å². The number of hydrogen-bond donors (Lipinski definition) is 3. The summed E-state index contributed by atoms with van der Waals surface area (Å²) in [5.74, 6) is -0.427. The topological polar surface area (TPSA) is 118 Å². The van der Waals surface area contributed by atoms with Crippen molar-refractivity contribution in [3.05, 3.63) is 59.7 Å². The fraction of sp³-hybridized carbons (Fsp3) is 0.318. The summed E-state index contributed by atoms with van der Waals surface area (Å²) < 4.78 is 16.5. The van der Waals surface area contributed by atoms with E-state index in [9.17, 15) is 14.7 Å². The van der Waals surface area contributed by atoms with Crippen molar-refractivity contribution in [3.63, 3.8) is 0 Å². The molecule has 1 amide bonds. The van der Waals surface area contributed by atoms with Crippen LogP contribution in [0.3, 0.4) is 0 Å². The Kier molecular flexibility index (Phi) is 9.68. The molecule has 0 aliphatic heterocycles. The lowest BCUT2D eigenvalue weighted by atomic mass is 10.0. The minimum atomic E-state index is -0.825. The molecule has 0 aliphatic rings.